The highest BCUT2D eigenvalue weighted by Gasteiger charge is 2.04. The second-order valence-electron chi connectivity index (χ2n) is 8.29. The minimum atomic E-state index is -0.0361. The molecule has 0 saturated heterocycles. The Bertz CT molecular complexity index is 333. The van der Waals surface area contributed by atoms with Crippen molar-refractivity contribution in [2.24, 2.45) is 0 Å². The predicted octanol–water partition coefficient (Wildman–Crippen LogP) is 8.54. The van der Waals surface area contributed by atoms with E-state index >= 15 is 0 Å². The van der Waals surface area contributed by atoms with Crippen LogP contribution in [0.5, 0.6) is 0 Å². The van der Waals surface area contributed by atoms with Gasteiger partial charge in [-0.05, 0) is 46.0 Å². The standard InChI is InChI=1S/C25H48O2/c1-4-5-6-7-8-9-10-11-12-13-14-15-16-17-18-19-20-21-22-23-25(26)27-24(2)3/h11-12,24H,4-10,13-23H2,1-3H3. The van der Waals surface area contributed by atoms with Crippen LogP contribution in [0.1, 0.15) is 136 Å². The van der Waals surface area contributed by atoms with Crippen LogP contribution in [-0.4, -0.2) is 12.1 Å². The molecule has 0 radical (unpaired) electrons. The van der Waals surface area contributed by atoms with Crippen molar-refractivity contribution in [3.05, 3.63) is 12.2 Å². The number of rotatable bonds is 20. The topological polar surface area (TPSA) is 26.3 Å². The Hall–Kier alpha value is -0.790. The second kappa shape index (κ2) is 21.5. The molecular formula is C25H48O2. The molecule has 0 saturated carbocycles. The monoisotopic (exact) mass is 380 g/mol. The third-order valence-corrected chi connectivity index (χ3v) is 5.01. The van der Waals surface area contributed by atoms with Crippen molar-refractivity contribution in [3.63, 3.8) is 0 Å². The van der Waals surface area contributed by atoms with Gasteiger partial charge in [-0.3, -0.25) is 4.79 Å². The van der Waals surface area contributed by atoms with Gasteiger partial charge in [0.2, 0.25) is 0 Å². The number of carbonyl (C=O) groups is 1. The van der Waals surface area contributed by atoms with Crippen LogP contribution in [0, 0.1) is 0 Å². The van der Waals surface area contributed by atoms with E-state index in [9.17, 15) is 4.79 Å². The molecule has 0 fully saturated rings. The average Bonchev–Trinajstić information content (AvgIpc) is 2.63. The van der Waals surface area contributed by atoms with E-state index in [4.69, 9.17) is 4.74 Å². The lowest BCUT2D eigenvalue weighted by Crippen LogP contribution is -2.10. The molecule has 0 spiro atoms. The number of hydrogen-bond donors (Lipinski definition) is 0. The van der Waals surface area contributed by atoms with Gasteiger partial charge in [0.25, 0.3) is 0 Å². The first-order valence-electron chi connectivity index (χ1n) is 12.0. The predicted molar refractivity (Wildman–Crippen MR) is 119 cm³/mol. The Morgan fingerprint density at radius 2 is 1.07 bits per heavy atom. The third kappa shape index (κ3) is 23.2. The molecule has 0 rings (SSSR count). The van der Waals surface area contributed by atoms with Gasteiger partial charge in [-0.15, -0.1) is 0 Å². The Kier molecular flexibility index (Phi) is 20.9. The van der Waals surface area contributed by atoms with Gasteiger partial charge in [-0.2, -0.15) is 0 Å². The third-order valence-electron chi connectivity index (χ3n) is 5.01. The molecule has 0 bridgehead atoms. The fourth-order valence-corrected chi connectivity index (χ4v) is 3.37. The summed E-state index contributed by atoms with van der Waals surface area (Å²) in [5.41, 5.74) is 0. The lowest BCUT2D eigenvalue weighted by atomic mass is 10.1. The quantitative estimate of drug-likeness (QED) is 0.120. The summed E-state index contributed by atoms with van der Waals surface area (Å²) in [5.74, 6) is -0.0361. The number of unbranched alkanes of at least 4 members (excludes halogenated alkanes) is 15. The number of ether oxygens (including phenoxy) is 1. The fourth-order valence-electron chi connectivity index (χ4n) is 3.37. The van der Waals surface area contributed by atoms with Crippen molar-refractivity contribution in [2.45, 2.75) is 142 Å². The van der Waals surface area contributed by atoms with Gasteiger partial charge in [-0.1, -0.05) is 96.1 Å². The minimum absolute atomic E-state index is 0.0216. The molecule has 0 aliphatic carbocycles. The van der Waals surface area contributed by atoms with E-state index in [1.165, 1.54) is 96.3 Å². The lowest BCUT2D eigenvalue weighted by molar-refractivity contribution is -0.147. The van der Waals surface area contributed by atoms with Crippen molar-refractivity contribution in [3.8, 4) is 0 Å². The molecule has 0 atom stereocenters. The summed E-state index contributed by atoms with van der Waals surface area (Å²) in [6, 6.07) is 0. The van der Waals surface area contributed by atoms with E-state index in [1.54, 1.807) is 0 Å². The van der Waals surface area contributed by atoms with Crippen molar-refractivity contribution < 1.29 is 9.53 Å². The molecule has 0 aromatic carbocycles. The number of allylic oxidation sites excluding steroid dienone is 2. The summed E-state index contributed by atoms with van der Waals surface area (Å²) in [4.78, 5) is 11.4. The van der Waals surface area contributed by atoms with Gasteiger partial charge < -0.3 is 4.74 Å². The molecule has 0 unspecified atom stereocenters. The average molecular weight is 381 g/mol. The molecule has 27 heavy (non-hydrogen) atoms. The summed E-state index contributed by atoms with van der Waals surface area (Å²) in [6.45, 7) is 6.09. The molecule has 0 heterocycles. The molecule has 160 valence electrons. The van der Waals surface area contributed by atoms with Gasteiger partial charge in [0.05, 0.1) is 6.10 Å². The van der Waals surface area contributed by atoms with Crippen LogP contribution < -0.4 is 0 Å². The first-order chi connectivity index (χ1) is 13.2. The zero-order valence-corrected chi connectivity index (χ0v) is 18.8. The van der Waals surface area contributed by atoms with Crippen molar-refractivity contribution in [1.29, 1.82) is 0 Å². The zero-order chi connectivity index (χ0) is 20.0. The van der Waals surface area contributed by atoms with Crippen LogP contribution in [0.4, 0.5) is 0 Å². The second-order valence-corrected chi connectivity index (χ2v) is 8.29. The van der Waals surface area contributed by atoms with Crippen LogP contribution >= 0.6 is 0 Å². The first kappa shape index (κ1) is 26.2. The Morgan fingerprint density at radius 1 is 0.667 bits per heavy atom. The van der Waals surface area contributed by atoms with Gasteiger partial charge in [0.15, 0.2) is 0 Å². The smallest absolute Gasteiger partial charge is 0.306 e. The lowest BCUT2D eigenvalue weighted by Gasteiger charge is -2.07. The minimum Gasteiger partial charge on any atom is -0.463 e. The van der Waals surface area contributed by atoms with Crippen LogP contribution in [0.3, 0.4) is 0 Å². The van der Waals surface area contributed by atoms with E-state index in [1.807, 2.05) is 13.8 Å². The molecule has 0 aliphatic rings. The summed E-state index contributed by atoms with van der Waals surface area (Å²) >= 11 is 0. The highest BCUT2D eigenvalue weighted by molar-refractivity contribution is 5.69. The SMILES string of the molecule is CCCCCCCCC=CCCCCCCCCCCCC(=O)OC(C)C. The van der Waals surface area contributed by atoms with Crippen molar-refractivity contribution >= 4 is 5.97 Å². The van der Waals surface area contributed by atoms with E-state index < -0.39 is 0 Å². The van der Waals surface area contributed by atoms with Gasteiger partial charge in [0.1, 0.15) is 0 Å². The first-order valence-corrected chi connectivity index (χ1v) is 12.0. The Labute approximate surface area is 170 Å². The van der Waals surface area contributed by atoms with Crippen LogP contribution in [0.15, 0.2) is 12.2 Å². The van der Waals surface area contributed by atoms with E-state index in [0.29, 0.717) is 6.42 Å². The fraction of sp³-hybridized carbons (Fsp3) is 0.880. The summed E-state index contributed by atoms with van der Waals surface area (Å²) in [5, 5.41) is 0. The summed E-state index contributed by atoms with van der Waals surface area (Å²) in [7, 11) is 0. The normalized spacial score (nSPS) is 11.6. The highest BCUT2D eigenvalue weighted by atomic mass is 16.5. The molecule has 2 nitrogen and oxygen atoms in total. The maximum atomic E-state index is 11.4. The zero-order valence-electron chi connectivity index (χ0n) is 18.8. The largest absolute Gasteiger partial charge is 0.463 e. The maximum Gasteiger partial charge on any atom is 0.306 e. The molecule has 2 heteroatoms. The summed E-state index contributed by atoms with van der Waals surface area (Å²) in [6.07, 6.45) is 27.9. The molecule has 0 aromatic heterocycles. The van der Waals surface area contributed by atoms with Crippen molar-refractivity contribution in [1.82, 2.24) is 0 Å². The molecule has 0 aromatic rings. The molecule has 0 aliphatic heterocycles. The van der Waals surface area contributed by atoms with E-state index in [0.717, 1.165) is 12.8 Å². The Balaban J connectivity index is 3.14. The van der Waals surface area contributed by atoms with Crippen LogP contribution in [0.25, 0.3) is 0 Å². The number of carbonyl (C=O) groups excluding carboxylic acids is 1. The van der Waals surface area contributed by atoms with Gasteiger partial charge >= 0.3 is 5.97 Å². The van der Waals surface area contributed by atoms with Crippen LogP contribution in [-0.2, 0) is 9.53 Å². The highest BCUT2D eigenvalue weighted by Crippen LogP contribution is 2.12. The summed E-state index contributed by atoms with van der Waals surface area (Å²) < 4.78 is 5.14. The number of esters is 1. The van der Waals surface area contributed by atoms with Gasteiger partial charge in [-0.25, -0.2) is 0 Å². The van der Waals surface area contributed by atoms with E-state index in [-0.39, 0.29) is 12.1 Å². The van der Waals surface area contributed by atoms with E-state index in [2.05, 4.69) is 19.1 Å². The number of hydrogen-bond acceptors (Lipinski definition) is 2. The molecule has 0 amide bonds. The van der Waals surface area contributed by atoms with Gasteiger partial charge in [0, 0.05) is 6.42 Å². The Morgan fingerprint density at radius 3 is 1.52 bits per heavy atom. The maximum absolute atomic E-state index is 11.4. The molecule has 0 N–H and O–H groups in total. The van der Waals surface area contributed by atoms with Crippen LogP contribution in [0.2, 0.25) is 0 Å². The molecular weight excluding hydrogens is 332 g/mol. The van der Waals surface area contributed by atoms with Crippen molar-refractivity contribution in [2.75, 3.05) is 0 Å².